The van der Waals surface area contributed by atoms with E-state index in [4.69, 9.17) is 5.73 Å². The Morgan fingerprint density at radius 2 is 2.00 bits per heavy atom. The number of unbranched alkanes of at least 4 members (excludes halogenated alkanes) is 1. The summed E-state index contributed by atoms with van der Waals surface area (Å²) in [4.78, 5) is 2.30. The van der Waals surface area contributed by atoms with Crippen LogP contribution in [0.3, 0.4) is 0 Å². The van der Waals surface area contributed by atoms with Crippen LogP contribution in [0.25, 0.3) is 0 Å². The molecule has 0 bridgehead atoms. The van der Waals surface area contributed by atoms with Gasteiger partial charge in [-0.1, -0.05) is 6.92 Å². The molecule has 0 fully saturated rings. The fourth-order valence-corrected chi connectivity index (χ4v) is 0.684. The normalized spacial score (nSPS) is 10.7. The van der Waals surface area contributed by atoms with Crippen LogP contribution in [0.2, 0.25) is 0 Å². The molecule has 0 aliphatic rings. The van der Waals surface area contributed by atoms with E-state index in [2.05, 4.69) is 18.9 Å². The molecule has 0 aromatic heterocycles. The van der Waals surface area contributed by atoms with Crippen LogP contribution in [0.4, 0.5) is 0 Å². The molecule has 0 heterocycles. The minimum atomic E-state index is 0.831. The van der Waals surface area contributed by atoms with E-state index in [1.54, 1.807) is 0 Å². The molecular formula is C7H18N2. The van der Waals surface area contributed by atoms with E-state index in [1.807, 2.05) is 0 Å². The lowest BCUT2D eigenvalue weighted by molar-refractivity contribution is 0.344. The van der Waals surface area contributed by atoms with Crippen molar-refractivity contribution in [2.24, 2.45) is 5.73 Å². The lowest BCUT2D eigenvalue weighted by atomic mass is 10.3. The Labute approximate surface area is 58.0 Å². The van der Waals surface area contributed by atoms with Gasteiger partial charge in [0.15, 0.2) is 0 Å². The summed E-state index contributed by atoms with van der Waals surface area (Å²) in [5.74, 6) is 0. The second-order valence-corrected chi connectivity index (χ2v) is 2.39. The molecule has 2 nitrogen and oxygen atoms in total. The van der Waals surface area contributed by atoms with Crippen molar-refractivity contribution in [2.45, 2.75) is 19.8 Å². The van der Waals surface area contributed by atoms with Crippen molar-refractivity contribution in [1.82, 2.24) is 4.90 Å². The maximum Gasteiger partial charge on any atom is -0.00214 e. The van der Waals surface area contributed by atoms with Gasteiger partial charge < -0.3 is 10.6 Å². The first-order valence-electron chi connectivity index (χ1n) is 3.70. The zero-order valence-electron chi connectivity index (χ0n) is 6.56. The second kappa shape index (κ2) is 6.05. The van der Waals surface area contributed by atoms with Crippen LogP contribution >= 0.6 is 0 Å². The zero-order chi connectivity index (χ0) is 7.11. The minimum absolute atomic E-state index is 0.831. The largest absolute Gasteiger partial charge is 0.330 e. The van der Waals surface area contributed by atoms with Crippen LogP contribution in [-0.4, -0.2) is 31.6 Å². The van der Waals surface area contributed by atoms with Gasteiger partial charge in [0.1, 0.15) is 0 Å². The lowest BCUT2D eigenvalue weighted by Crippen LogP contribution is -2.19. The van der Waals surface area contributed by atoms with Gasteiger partial charge in [-0.2, -0.15) is 0 Å². The summed E-state index contributed by atoms with van der Waals surface area (Å²) >= 11 is 0. The number of nitrogens with two attached hydrogens (primary N) is 1. The molecule has 0 rings (SSSR count). The van der Waals surface area contributed by atoms with Crippen LogP contribution < -0.4 is 5.73 Å². The highest BCUT2D eigenvalue weighted by Gasteiger charge is 1.91. The zero-order valence-corrected chi connectivity index (χ0v) is 6.56. The van der Waals surface area contributed by atoms with E-state index in [0.29, 0.717) is 0 Å². The first-order valence-corrected chi connectivity index (χ1v) is 3.70. The van der Waals surface area contributed by atoms with Gasteiger partial charge in [-0.3, -0.25) is 0 Å². The van der Waals surface area contributed by atoms with Gasteiger partial charge in [-0.15, -0.1) is 0 Å². The monoisotopic (exact) mass is 130 g/mol. The second-order valence-electron chi connectivity index (χ2n) is 2.39. The first kappa shape index (κ1) is 8.92. The molecule has 9 heavy (non-hydrogen) atoms. The van der Waals surface area contributed by atoms with Crippen molar-refractivity contribution in [3.63, 3.8) is 0 Å². The fraction of sp³-hybridized carbons (Fsp3) is 1.00. The van der Waals surface area contributed by atoms with Gasteiger partial charge in [-0.05, 0) is 39.5 Å². The Hall–Kier alpha value is -0.0800. The van der Waals surface area contributed by atoms with Gasteiger partial charge >= 0.3 is 0 Å². The summed E-state index contributed by atoms with van der Waals surface area (Å²) in [6, 6.07) is 0. The van der Waals surface area contributed by atoms with Crippen molar-refractivity contribution in [2.75, 3.05) is 26.7 Å². The van der Waals surface area contributed by atoms with Gasteiger partial charge in [0.05, 0.1) is 0 Å². The van der Waals surface area contributed by atoms with Crippen LogP contribution in [0, 0.1) is 0 Å². The van der Waals surface area contributed by atoms with Crippen molar-refractivity contribution < 1.29 is 0 Å². The van der Waals surface area contributed by atoms with Gasteiger partial charge in [0, 0.05) is 0 Å². The molecule has 0 atom stereocenters. The molecule has 0 aromatic rings. The summed E-state index contributed by atoms with van der Waals surface area (Å²) < 4.78 is 0. The van der Waals surface area contributed by atoms with E-state index >= 15 is 0 Å². The average molecular weight is 130 g/mol. The highest BCUT2D eigenvalue weighted by Crippen LogP contribution is 1.89. The molecule has 0 aromatic carbocycles. The van der Waals surface area contributed by atoms with Crippen molar-refractivity contribution in [1.29, 1.82) is 0 Å². The van der Waals surface area contributed by atoms with Crippen LogP contribution in [0.5, 0.6) is 0 Å². The number of hydrogen-bond acceptors (Lipinski definition) is 2. The Balaban J connectivity index is 2.88. The van der Waals surface area contributed by atoms with E-state index in [9.17, 15) is 0 Å². The average Bonchev–Trinajstić information content (AvgIpc) is 1.89. The maximum atomic E-state index is 5.34. The number of rotatable bonds is 5. The van der Waals surface area contributed by atoms with E-state index in [1.165, 1.54) is 13.0 Å². The molecule has 0 saturated heterocycles. The van der Waals surface area contributed by atoms with Gasteiger partial charge in [0.2, 0.25) is 0 Å². The fourth-order valence-electron chi connectivity index (χ4n) is 0.684. The molecule has 0 aliphatic carbocycles. The highest BCUT2D eigenvalue weighted by atomic mass is 15.1. The Morgan fingerprint density at radius 1 is 1.33 bits per heavy atom. The van der Waals surface area contributed by atoms with Crippen LogP contribution in [0.1, 0.15) is 19.8 Å². The van der Waals surface area contributed by atoms with Crippen molar-refractivity contribution >= 4 is 0 Å². The Morgan fingerprint density at radius 3 is 2.44 bits per heavy atom. The van der Waals surface area contributed by atoms with Crippen LogP contribution in [-0.2, 0) is 0 Å². The van der Waals surface area contributed by atoms with Crippen LogP contribution in [0.15, 0.2) is 0 Å². The predicted octanol–water partition coefficient (Wildman–Crippen LogP) is 0.677. The van der Waals surface area contributed by atoms with Gasteiger partial charge in [0.25, 0.3) is 0 Å². The number of nitrogens with zero attached hydrogens (tertiary/aromatic N) is 1. The van der Waals surface area contributed by atoms with E-state index in [-0.39, 0.29) is 0 Å². The summed E-state index contributed by atoms with van der Waals surface area (Å²) in [5.41, 5.74) is 5.34. The summed E-state index contributed by atoms with van der Waals surface area (Å²) in [7, 11) is 2.14. The summed E-state index contributed by atoms with van der Waals surface area (Å²) in [6.07, 6.45) is 2.39. The SMILES string of the molecule is CCN(C)CCCCN. The molecule has 0 radical (unpaired) electrons. The summed E-state index contributed by atoms with van der Waals surface area (Å²) in [6.45, 7) is 5.33. The standard InChI is InChI=1S/C7H18N2/c1-3-9(2)7-5-4-6-8/h3-8H2,1-2H3. The molecule has 0 amide bonds. The molecular weight excluding hydrogens is 112 g/mol. The molecule has 0 spiro atoms. The minimum Gasteiger partial charge on any atom is -0.330 e. The van der Waals surface area contributed by atoms with Gasteiger partial charge in [-0.25, -0.2) is 0 Å². The summed E-state index contributed by atoms with van der Waals surface area (Å²) in [5, 5.41) is 0. The Bertz CT molecular complexity index is 54.9. The number of hydrogen-bond donors (Lipinski definition) is 1. The molecule has 56 valence electrons. The topological polar surface area (TPSA) is 29.3 Å². The molecule has 0 aliphatic heterocycles. The molecule has 0 unspecified atom stereocenters. The first-order chi connectivity index (χ1) is 4.31. The van der Waals surface area contributed by atoms with E-state index in [0.717, 1.165) is 19.5 Å². The third kappa shape index (κ3) is 5.80. The molecule has 2 N–H and O–H groups in total. The third-order valence-corrected chi connectivity index (χ3v) is 1.53. The smallest absolute Gasteiger partial charge is 0.00214 e. The quantitative estimate of drug-likeness (QED) is 0.554. The van der Waals surface area contributed by atoms with Crippen molar-refractivity contribution in [3.05, 3.63) is 0 Å². The molecule has 0 saturated carbocycles. The highest BCUT2D eigenvalue weighted by molar-refractivity contribution is 4.47. The van der Waals surface area contributed by atoms with Crippen molar-refractivity contribution in [3.8, 4) is 0 Å². The predicted molar refractivity (Wildman–Crippen MR) is 41.5 cm³/mol. The Kier molecular flexibility index (Phi) is 5.99. The third-order valence-electron chi connectivity index (χ3n) is 1.53. The lowest BCUT2D eigenvalue weighted by Gasteiger charge is -2.12. The maximum absolute atomic E-state index is 5.34. The molecule has 2 heteroatoms. The van der Waals surface area contributed by atoms with E-state index < -0.39 is 0 Å².